The summed E-state index contributed by atoms with van der Waals surface area (Å²) in [6, 6.07) is 18.0. The van der Waals surface area contributed by atoms with E-state index in [0.29, 0.717) is 32.6 Å². The first-order valence-electron chi connectivity index (χ1n) is 11.0. The molecule has 0 fully saturated rings. The van der Waals surface area contributed by atoms with Crippen LogP contribution >= 0.6 is 11.3 Å². The van der Waals surface area contributed by atoms with Crippen LogP contribution in [0.15, 0.2) is 88.7 Å². The summed E-state index contributed by atoms with van der Waals surface area (Å²) >= 11 is 1.19. The van der Waals surface area contributed by atoms with Crippen molar-refractivity contribution >= 4 is 34.7 Å². The number of ketones is 1. The minimum absolute atomic E-state index is 0.101. The molecule has 4 aromatic rings. The first-order chi connectivity index (χ1) is 17.3. The Labute approximate surface area is 209 Å². The molecule has 9 heteroatoms. The first kappa shape index (κ1) is 23.3. The second-order valence-corrected chi connectivity index (χ2v) is 9.22. The largest absolute Gasteiger partial charge is 0.503 e. The maximum Gasteiger partial charge on any atom is 0.307 e. The number of hydrogen-bond donors (Lipinski definition) is 2. The standard InChI is InChI=1S/C27H20N2O6S/c1-15-25(36-26(28-15)17-6-3-2-4-7-17)23(32)21-22(19-8-5-13-35-19)29(27(34)24(21)33)18-11-9-16(10-12-18)14-20(30)31/h2-13,22,33H,14H2,1H3,(H,30,31). The van der Waals surface area contributed by atoms with E-state index in [1.165, 1.54) is 22.5 Å². The average molecular weight is 501 g/mol. The molecule has 0 aliphatic carbocycles. The van der Waals surface area contributed by atoms with Crippen molar-refractivity contribution in [3.8, 4) is 10.6 Å². The van der Waals surface area contributed by atoms with E-state index in [0.717, 1.165) is 5.56 Å². The molecule has 1 aliphatic heterocycles. The fraction of sp³-hybridized carbons (Fsp3) is 0.111. The van der Waals surface area contributed by atoms with Crippen LogP contribution in [0.3, 0.4) is 0 Å². The van der Waals surface area contributed by atoms with E-state index in [2.05, 4.69) is 4.98 Å². The molecule has 1 unspecified atom stereocenters. The van der Waals surface area contributed by atoms with Crippen LogP contribution in [0.4, 0.5) is 5.69 Å². The first-order valence-corrected chi connectivity index (χ1v) is 11.8. The lowest BCUT2D eigenvalue weighted by atomic mass is 9.99. The summed E-state index contributed by atoms with van der Waals surface area (Å²) in [6.45, 7) is 1.71. The van der Waals surface area contributed by atoms with Crippen molar-refractivity contribution in [3.63, 3.8) is 0 Å². The minimum atomic E-state index is -1.01. The highest BCUT2D eigenvalue weighted by Crippen LogP contribution is 2.43. The van der Waals surface area contributed by atoms with Gasteiger partial charge in [-0.3, -0.25) is 19.3 Å². The van der Waals surface area contributed by atoms with Crippen LogP contribution in [0.1, 0.15) is 32.7 Å². The second-order valence-electron chi connectivity index (χ2n) is 8.22. The number of Topliss-reactive ketones (excluding diaryl/α,β-unsaturated/α-hetero) is 1. The summed E-state index contributed by atoms with van der Waals surface area (Å²) in [7, 11) is 0. The van der Waals surface area contributed by atoms with Crippen molar-refractivity contribution in [3.05, 3.63) is 106 Å². The lowest BCUT2D eigenvalue weighted by Gasteiger charge is -2.25. The summed E-state index contributed by atoms with van der Waals surface area (Å²) < 4.78 is 5.58. The van der Waals surface area contributed by atoms with Gasteiger partial charge in [0, 0.05) is 11.3 Å². The molecule has 0 spiro atoms. The number of anilines is 1. The molecule has 2 aromatic heterocycles. The van der Waals surface area contributed by atoms with Crippen molar-refractivity contribution in [1.82, 2.24) is 4.98 Å². The van der Waals surface area contributed by atoms with E-state index in [4.69, 9.17) is 9.52 Å². The number of carboxylic acids is 1. The van der Waals surface area contributed by atoms with E-state index in [1.54, 1.807) is 43.3 Å². The lowest BCUT2D eigenvalue weighted by Crippen LogP contribution is -2.30. The van der Waals surface area contributed by atoms with Crippen molar-refractivity contribution in [2.45, 2.75) is 19.4 Å². The highest BCUT2D eigenvalue weighted by atomic mass is 32.1. The number of furan rings is 1. The molecule has 0 saturated heterocycles. The van der Waals surface area contributed by atoms with E-state index in [9.17, 15) is 19.5 Å². The van der Waals surface area contributed by atoms with Crippen molar-refractivity contribution in [1.29, 1.82) is 0 Å². The van der Waals surface area contributed by atoms with Gasteiger partial charge >= 0.3 is 5.97 Å². The fourth-order valence-corrected chi connectivity index (χ4v) is 5.23. The number of aliphatic hydroxyl groups is 1. The average Bonchev–Trinajstić information content (AvgIpc) is 3.59. The van der Waals surface area contributed by atoms with Crippen molar-refractivity contribution in [2.75, 3.05) is 4.90 Å². The van der Waals surface area contributed by atoms with Gasteiger partial charge < -0.3 is 14.6 Å². The van der Waals surface area contributed by atoms with Gasteiger partial charge in [-0.2, -0.15) is 0 Å². The number of aromatic nitrogens is 1. The highest BCUT2D eigenvalue weighted by Gasteiger charge is 2.46. The van der Waals surface area contributed by atoms with Gasteiger partial charge in [0.2, 0.25) is 5.78 Å². The molecule has 1 amide bonds. The van der Waals surface area contributed by atoms with Crippen LogP contribution in [-0.4, -0.2) is 32.9 Å². The fourth-order valence-electron chi connectivity index (χ4n) is 4.20. The van der Waals surface area contributed by atoms with Crippen LogP contribution < -0.4 is 4.90 Å². The van der Waals surface area contributed by atoms with Gasteiger partial charge in [0.05, 0.1) is 28.8 Å². The lowest BCUT2D eigenvalue weighted by molar-refractivity contribution is -0.136. The number of carboxylic acid groups (broad SMARTS) is 1. The van der Waals surface area contributed by atoms with Gasteiger partial charge in [-0.05, 0) is 36.8 Å². The smallest absolute Gasteiger partial charge is 0.307 e. The van der Waals surface area contributed by atoms with E-state index >= 15 is 0 Å². The molecule has 0 saturated carbocycles. The molecule has 180 valence electrons. The van der Waals surface area contributed by atoms with E-state index in [-0.39, 0.29) is 12.0 Å². The Morgan fingerprint density at radius 3 is 2.42 bits per heavy atom. The van der Waals surface area contributed by atoms with Crippen molar-refractivity contribution < 1.29 is 29.0 Å². The van der Waals surface area contributed by atoms with Gasteiger partial charge in [0.25, 0.3) is 5.91 Å². The number of amides is 1. The number of aliphatic carboxylic acids is 1. The zero-order valence-electron chi connectivity index (χ0n) is 19.0. The summed E-state index contributed by atoms with van der Waals surface area (Å²) in [4.78, 5) is 44.2. The normalized spacial score (nSPS) is 15.5. The van der Waals surface area contributed by atoms with E-state index < -0.39 is 29.5 Å². The number of benzene rings is 2. The zero-order valence-corrected chi connectivity index (χ0v) is 19.9. The predicted octanol–water partition coefficient (Wildman–Crippen LogP) is 5.12. The number of carbonyl (C=O) groups is 3. The Balaban J connectivity index is 1.56. The monoisotopic (exact) mass is 500 g/mol. The molecule has 0 radical (unpaired) electrons. The number of rotatable bonds is 7. The SMILES string of the molecule is Cc1nc(-c2ccccc2)sc1C(=O)C1=C(O)C(=O)N(c2ccc(CC(=O)O)cc2)C1c1ccco1. The van der Waals surface area contributed by atoms with Gasteiger partial charge in [0.1, 0.15) is 16.8 Å². The van der Waals surface area contributed by atoms with Gasteiger partial charge in [-0.15, -0.1) is 11.3 Å². The molecule has 2 N–H and O–H groups in total. The molecular formula is C27H20N2O6S. The third-order valence-corrected chi connectivity index (χ3v) is 7.06. The van der Waals surface area contributed by atoms with Crippen molar-refractivity contribution in [2.24, 2.45) is 0 Å². The Morgan fingerprint density at radius 1 is 1.06 bits per heavy atom. The minimum Gasteiger partial charge on any atom is -0.503 e. The highest BCUT2D eigenvalue weighted by molar-refractivity contribution is 7.17. The molecule has 3 heterocycles. The molecule has 1 aliphatic rings. The Kier molecular flexibility index (Phi) is 5.99. The molecule has 2 aromatic carbocycles. The number of aliphatic hydroxyl groups excluding tert-OH is 1. The number of nitrogens with zero attached hydrogens (tertiary/aromatic N) is 2. The zero-order chi connectivity index (χ0) is 25.4. The van der Waals surface area contributed by atoms with Crippen LogP contribution in [0, 0.1) is 6.92 Å². The molecule has 0 bridgehead atoms. The maximum absolute atomic E-state index is 13.8. The molecule has 36 heavy (non-hydrogen) atoms. The van der Waals surface area contributed by atoms with Gasteiger partial charge in [0.15, 0.2) is 5.76 Å². The second kappa shape index (κ2) is 9.27. The van der Waals surface area contributed by atoms with Gasteiger partial charge in [-0.1, -0.05) is 42.5 Å². The number of hydrogen-bond acceptors (Lipinski definition) is 7. The maximum atomic E-state index is 13.8. The third kappa shape index (κ3) is 4.09. The summed E-state index contributed by atoms with van der Waals surface area (Å²) in [6.07, 6.45) is 1.26. The van der Waals surface area contributed by atoms with Crippen LogP contribution in [0.25, 0.3) is 10.6 Å². The molecule has 5 rings (SSSR count). The number of aryl methyl sites for hydroxylation is 1. The predicted molar refractivity (Wildman–Crippen MR) is 133 cm³/mol. The third-order valence-electron chi connectivity index (χ3n) is 5.86. The topological polar surface area (TPSA) is 121 Å². The Morgan fingerprint density at radius 2 is 1.78 bits per heavy atom. The molecular weight excluding hydrogens is 480 g/mol. The summed E-state index contributed by atoms with van der Waals surface area (Å²) in [5.74, 6) is -2.60. The molecule has 1 atom stereocenters. The quantitative estimate of drug-likeness (QED) is 0.338. The van der Waals surface area contributed by atoms with E-state index in [1.807, 2.05) is 30.3 Å². The summed E-state index contributed by atoms with van der Waals surface area (Å²) in [5.41, 5.74) is 2.18. The van der Waals surface area contributed by atoms with Gasteiger partial charge in [-0.25, -0.2) is 4.98 Å². The van der Waals surface area contributed by atoms with Crippen LogP contribution in [-0.2, 0) is 16.0 Å². The number of thiazole rings is 1. The Hall–Kier alpha value is -4.50. The van der Waals surface area contributed by atoms with Crippen LogP contribution in [0.5, 0.6) is 0 Å². The van der Waals surface area contributed by atoms with Crippen LogP contribution in [0.2, 0.25) is 0 Å². The number of carbonyl (C=O) groups excluding carboxylic acids is 2. The Bertz CT molecular complexity index is 1490. The summed E-state index contributed by atoms with van der Waals surface area (Å²) in [5, 5.41) is 20.6. The molecule has 8 nitrogen and oxygen atoms in total.